The standard InChI is InChI=1S/C21H20FN5O/c1-12-9-18(23-2)27-21(25-12)26-15-7-8-17(28-3)19(20(15)22)16-10-13-5-4-6-14(13)11-24-16/h4,6-11H,5H2,1-3H3,(H2,23,25,26,27). The van der Waals surface area contributed by atoms with Gasteiger partial charge in [0, 0.05) is 25.0 Å². The van der Waals surface area contributed by atoms with E-state index in [1.165, 1.54) is 7.11 Å². The molecule has 7 heteroatoms. The molecule has 3 aromatic rings. The van der Waals surface area contributed by atoms with Crippen molar-refractivity contribution in [2.75, 3.05) is 24.8 Å². The number of pyridine rings is 1. The Hall–Kier alpha value is -3.48. The fourth-order valence-corrected chi connectivity index (χ4v) is 3.22. The van der Waals surface area contributed by atoms with Gasteiger partial charge in [-0.25, -0.2) is 9.37 Å². The van der Waals surface area contributed by atoms with Gasteiger partial charge in [-0.3, -0.25) is 4.98 Å². The lowest BCUT2D eigenvalue weighted by Crippen LogP contribution is -2.05. The van der Waals surface area contributed by atoms with E-state index in [0.29, 0.717) is 28.8 Å². The molecule has 0 unspecified atom stereocenters. The zero-order chi connectivity index (χ0) is 19.7. The van der Waals surface area contributed by atoms with Crippen LogP contribution in [-0.4, -0.2) is 29.1 Å². The summed E-state index contributed by atoms with van der Waals surface area (Å²) in [4.78, 5) is 13.1. The molecule has 1 aliphatic rings. The van der Waals surface area contributed by atoms with Crippen molar-refractivity contribution in [3.05, 3.63) is 59.2 Å². The molecule has 142 valence electrons. The van der Waals surface area contributed by atoms with E-state index in [2.05, 4.69) is 31.7 Å². The predicted octanol–water partition coefficient (Wildman–Crippen LogP) is 4.35. The molecule has 0 aliphatic heterocycles. The van der Waals surface area contributed by atoms with Gasteiger partial charge in [-0.05, 0) is 42.7 Å². The van der Waals surface area contributed by atoms with Crippen LogP contribution in [0, 0.1) is 12.7 Å². The normalized spacial score (nSPS) is 12.0. The van der Waals surface area contributed by atoms with Crippen molar-refractivity contribution in [2.45, 2.75) is 13.3 Å². The molecule has 28 heavy (non-hydrogen) atoms. The van der Waals surface area contributed by atoms with E-state index in [1.807, 2.05) is 25.1 Å². The molecule has 0 saturated carbocycles. The number of allylic oxidation sites excluding steroid dienone is 1. The number of hydrogen-bond acceptors (Lipinski definition) is 6. The Balaban J connectivity index is 1.77. The molecular formula is C21H20FN5O. The second-order valence-corrected chi connectivity index (χ2v) is 6.47. The third-order valence-corrected chi connectivity index (χ3v) is 4.60. The quantitative estimate of drug-likeness (QED) is 0.689. The fourth-order valence-electron chi connectivity index (χ4n) is 3.22. The summed E-state index contributed by atoms with van der Waals surface area (Å²) < 4.78 is 20.9. The largest absolute Gasteiger partial charge is 0.496 e. The first-order valence-electron chi connectivity index (χ1n) is 8.92. The minimum absolute atomic E-state index is 0.254. The van der Waals surface area contributed by atoms with Crippen molar-refractivity contribution >= 4 is 23.5 Å². The number of aryl methyl sites for hydroxylation is 1. The van der Waals surface area contributed by atoms with Crippen LogP contribution < -0.4 is 15.4 Å². The van der Waals surface area contributed by atoms with Crippen molar-refractivity contribution in [3.63, 3.8) is 0 Å². The fraction of sp³-hybridized carbons (Fsp3) is 0.190. The van der Waals surface area contributed by atoms with Gasteiger partial charge in [-0.15, -0.1) is 0 Å². The van der Waals surface area contributed by atoms with Crippen molar-refractivity contribution in [2.24, 2.45) is 0 Å². The number of methoxy groups -OCH3 is 1. The minimum atomic E-state index is -0.464. The molecule has 1 aromatic carbocycles. The Bertz CT molecular complexity index is 1080. The van der Waals surface area contributed by atoms with Crippen LogP contribution in [0.5, 0.6) is 5.75 Å². The molecule has 1 aliphatic carbocycles. The highest BCUT2D eigenvalue weighted by molar-refractivity contribution is 5.76. The van der Waals surface area contributed by atoms with Crippen LogP contribution in [-0.2, 0) is 6.42 Å². The molecule has 2 aromatic heterocycles. The lowest BCUT2D eigenvalue weighted by atomic mass is 10.0. The first-order valence-corrected chi connectivity index (χ1v) is 8.92. The molecule has 0 fully saturated rings. The maximum absolute atomic E-state index is 15.5. The monoisotopic (exact) mass is 377 g/mol. The first-order chi connectivity index (χ1) is 13.6. The SMILES string of the molecule is CNc1cc(C)nc(Nc2ccc(OC)c(-c3cc4c(cn3)C=CC4)c2F)n1. The number of benzene rings is 1. The van der Waals surface area contributed by atoms with Crippen molar-refractivity contribution in [3.8, 4) is 17.0 Å². The summed E-state index contributed by atoms with van der Waals surface area (Å²) >= 11 is 0. The average Bonchev–Trinajstić information content (AvgIpc) is 3.16. The average molecular weight is 377 g/mol. The van der Waals surface area contributed by atoms with Crippen LogP contribution in [0.1, 0.15) is 16.8 Å². The molecule has 6 nitrogen and oxygen atoms in total. The van der Waals surface area contributed by atoms with Crippen molar-refractivity contribution in [1.29, 1.82) is 0 Å². The molecule has 2 N–H and O–H groups in total. The molecule has 0 atom stereocenters. The summed E-state index contributed by atoms with van der Waals surface area (Å²) in [5.74, 6) is 0.916. The topological polar surface area (TPSA) is 72.0 Å². The number of fused-ring (bicyclic) bond motifs is 1. The smallest absolute Gasteiger partial charge is 0.229 e. The Morgan fingerprint density at radius 2 is 2.04 bits per heavy atom. The summed E-state index contributed by atoms with van der Waals surface area (Å²) in [6.45, 7) is 1.85. The molecule has 4 rings (SSSR count). The third-order valence-electron chi connectivity index (χ3n) is 4.60. The van der Waals surface area contributed by atoms with Crippen LogP contribution in [0.25, 0.3) is 17.3 Å². The number of anilines is 3. The van der Waals surface area contributed by atoms with Gasteiger partial charge in [0.2, 0.25) is 5.95 Å². The molecule has 0 bridgehead atoms. The van der Waals surface area contributed by atoms with Crippen LogP contribution in [0.2, 0.25) is 0 Å². The van der Waals surface area contributed by atoms with Crippen LogP contribution in [0.4, 0.5) is 21.8 Å². The van der Waals surface area contributed by atoms with Crippen molar-refractivity contribution < 1.29 is 9.13 Å². The Morgan fingerprint density at radius 3 is 2.82 bits per heavy atom. The maximum atomic E-state index is 15.5. The number of aromatic nitrogens is 3. The van der Waals surface area contributed by atoms with E-state index in [-0.39, 0.29) is 5.69 Å². The summed E-state index contributed by atoms with van der Waals surface area (Å²) in [6.07, 6.45) is 6.66. The molecular weight excluding hydrogens is 357 g/mol. The number of ether oxygens (including phenoxy) is 1. The van der Waals surface area contributed by atoms with Gasteiger partial charge in [-0.1, -0.05) is 12.2 Å². The van der Waals surface area contributed by atoms with E-state index >= 15 is 4.39 Å². The molecule has 0 amide bonds. The number of nitrogens with zero attached hydrogens (tertiary/aromatic N) is 3. The highest BCUT2D eigenvalue weighted by atomic mass is 19.1. The van der Waals surface area contributed by atoms with Gasteiger partial charge in [0.05, 0.1) is 24.1 Å². The lowest BCUT2D eigenvalue weighted by molar-refractivity contribution is 0.413. The van der Waals surface area contributed by atoms with Gasteiger partial charge >= 0.3 is 0 Å². The second kappa shape index (κ2) is 7.26. The van der Waals surface area contributed by atoms with Gasteiger partial charge in [0.15, 0.2) is 5.82 Å². The number of hydrogen-bond donors (Lipinski definition) is 2. The molecule has 0 saturated heterocycles. The van der Waals surface area contributed by atoms with Gasteiger partial charge in [0.1, 0.15) is 11.6 Å². The summed E-state index contributed by atoms with van der Waals surface area (Å²) in [5.41, 5.74) is 4.04. The van der Waals surface area contributed by atoms with E-state index in [9.17, 15) is 0 Å². The number of nitrogens with one attached hydrogen (secondary N) is 2. The van der Waals surface area contributed by atoms with Gasteiger partial charge in [0.25, 0.3) is 0 Å². The zero-order valence-corrected chi connectivity index (χ0v) is 15.9. The highest BCUT2D eigenvalue weighted by Crippen LogP contribution is 2.37. The van der Waals surface area contributed by atoms with Crippen LogP contribution >= 0.6 is 0 Å². The maximum Gasteiger partial charge on any atom is 0.229 e. The lowest BCUT2D eigenvalue weighted by Gasteiger charge is -2.14. The summed E-state index contributed by atoms with van der Waals surface area (Å²) in [5, 5.41) is 5.94. The summed E-state index contributed by atoms with van der Waals surface area (Å²) in [7, 11) is 3.29. The Labute approximate surface area is 162 Å². The number of rotatable bonds is 5. The molecule has 0 radical (unpaired) electrons. The van der Waals surface area contributed by atoms with E-state index < -0.39 is 5.82 Å². The van der Waals surface area contributed by atoms with Gasteiger partial charge < -0.3 is 15.4 Å². The van der Waals surface area contributed by atoms with Crippen LogP contribution in [0.15, 0.2) is 36.5 Å². The van der Waals surface area contributed by atoms with E-state index in [4.69, 9.17) is 4.74 Å². The molecule has 0 spiro atoms. The van der Waals surface area contributed by atoms with Crippen LogP contribution in [0.3, 0.4) is 0 Å². The highest BCUT2D eigenvalue weighted by Gasteiger charge is 2.19. The Kier molecular flexibility index (Phi) is 4.65. The Morgan fingerprint density at radius 1 is 1.18 bits per heavy atom. The predicted molar refractivity (Wildman–Crippen MR) is 109 cm³/mol. The number of halogens is 1. The zero-order valence-electron chi connectivity index (χ0n) is 15.9. The van der Waals surface area contributed by atoms with E-state index in [1.54, 1.807) is 25.4 Å². The second-order valence-electron chi connectivity index (χ2n) is 6.47. The van der Waals surface area contributed by atoms with Crippen molar-refractivity contribution in [1.82, 2.24) is 15.0 Å². The third kappa shape index (κ3) is 3.26. The summed E-state index contributed by atoms with van der Waals surface area (Å²) in [6, 6.07) is 7.03. The van der Waals surface area contributed by atoms with Gasteiger partial charge in [-0.2, -0.15) is 4.98 Å². The molecule has 2 heterocycles. The minimum Gasteiger partial charge on any atom is -0.496 e. The first kappa shape index (κ1) is 17.9. The van der Waals surface area contributed by atoms with E-state index in [0.717, 1.165) is 23.2 Å².